The molecule has 0 aliphatic heterocycles. The third kappa shape index (κ3) is 4.90. The maximum atomic E-state index is 11.7. The molecule has 1 N–H and O–H groups in total. The lowest BCUT2D eigenvalue weighted by Gasteiger charge is -2.17. The molecule has 0 saturated carbocycles. The Morgan fingerprint density at radius 2 is 1.89 bits per heavy atom. The molecule has 0 aliphatic rings. The van der Waals surface area contributed by atoms with Crippen molar-refractivity contribution in [3.05, 3.63) is 28.7 Å². The summed E-state index contributed by atoms with van der Waals surface area (Å²) in [6.07, 6.45) is -1.39. The van der Waals surface area contributed by atoms with Crippen LogP contribution in [0.2, 0.25) is 0 Å². The Kier molecular flexibility index (Phi) is 5.82. The predicted octanol–water partition coefficient (Wildman–Crippen LogP) is 2.62. The van der Waals surface area contributed by atoms with Crippen LogP contribution in [0.15, 0.2) is 28.7 Å². The molecule has 0 radical (unpaired) electrons. The summed E-state index contributed by atoms with van der Waals surface area (Å²) in [7, 11) is 0. The molecule has 0 bridgehead atoms. The van der Waals surface area contributed by atoms with Gasteiger partial charge in [-0.15, -0.1) is 0 Å². The highest BCUT2D eigenvalue weighted by Gasteiger charge is 2.31. The van der Waals surface area contributed by atoms with Gasteiger partial charge >= 0.3 is 11.9 Å². The normalized spacial score (nSPS) is 13.4. The van der Waals surface area contributed by atoms with Crippen molar-refractivity contribution in [2.75, 3.05) is 0 Å². The summed E-state index contributed by atoms with van der Waals surface area (Å²) in [4.78, 5) is 22.7. The number of ether oxygens (including phenoxy) is 2. The molecule has 2 atom stereocenters. The van der Waals surface area contributed by atoms with Crippen molar-refractivity contribution in [3.8, 4) is 5.75 Å². The molecule has 0 amide bonds. The molecule has 0 saturated heterocycles. The van der Waals surface area contributed by atoms with E-state index in [4.69, 9.17) is 14.6 Å². The molecule has 1 aromatic carbocycles. The minimum absolute atomic E-state index is 0.289. The monoisotopic (exact) mass is 330 g/mol. The third-order valence-corrected chi connectivity index (χ3v) is 2.93. The van der Waals surface area contributed by atoms with E-state index in [0.717, 1.165) is 4.47 Å². The molecule has 19 heavy (non-hydrogen) atoms. The number of rotatable bonds is 6. The largest absolute Gasteiger partial charge is 0.478 e. The molecule has 0 spiro atoms. The zero-order chi connectivity index (χ0) is 14.4. The second kappa shape index (κ2) is 7.13. The Hall–Kier alpha value is -1.56. The van der Waals surface area contributed by atoms with Crippen LogP contribution in [0, 0.1) is 0 Å². The molecule has 5 nitrogen and oxygen atoms in total. The molecule has 0 aliphatic carbocycles. The highest BCUT2D eigenvalue weighted by Crippen LogP contribution is 2.18. The van der Waals surface area contributed by atoms with Crippen LogP contribution in [0.3, 0.4) is 0 Å². The fraction of sp³-hybridized carbons (Fsp3) is 0.385. The van der Waals surface area contributed by atoms with Gasteiger partial charge in [0.2, 0.25) is 0 Å². The van der Waals surface area contributed by atoms with E-state index in [1.165, 1.54) is 0 Å². The molecule has 0 fully saturated rings. The lowest BCUT2D eigenvalue weighted by molar-refractivity contribution is -0.166. The van der Waals surface area contributed by atoms with Gasteiger partial charge in [0.05, 0.1) is 6.10 Å². The van der Waals surface area contributed by atoms with Gasteiger partial charge in [-0.2, -0.15) is 0 Å². The lowest BCUT2D eigenvalue weighted by atomic mass is 10.3. The molecule has 0 heterocycles. The maximum absolute atomic E-state index is 11.7. The number of hydrogen-bond acceptors (Lipinski definition) is 4. The maximum Gasteiger partial charge on any atom is 0.359 e. The van der Waals surface area contributed by atoms with Crippen LogP contribution in [-0.4, -0.2) is 29.3 Å². The summed E-state index contributed by atoms with van der Waals surface area (Å²) in [5, 5.41) is 9.01. The Morgan fingerprint density at radius 1 is 1.32 bits per heavy atom. The first-order chi connectivity index (χ1) is 8.93. The van der Waals surface area contributed by atoms with E-state index in [0.29, 0.717) is 6.42 Å². The molecular formula is C13H15BrO5. The average molecular weight is 331 g/mol. The summed E-state index contributed by atoms with van der Waals surface area (Å²) in [6, 6.07) is 6.51. The van der Waals surface area contributed by atoms with E-state index in [-0.39, 0.29) is 11.9 Å². The van der Waals surface area contributed by atoms with Gasteiger partial charge in [-0.05, 0) is 37.6 Å². The molecule has 2 unspecified atom stereocenters. The third-order valence-electron chi connectivity index (χ3n) is 2.40. The predicted molar refractivity (Wildman–Crippen MR) is 72.0 cm³/mol. The van der Waals surface area contributed by atoms with E-state index in [9.17, 15) is 9.59 Å². The van der Waals surface area contributed by atoms with Crippen molar-refractivity contribution in [3.63, 3.8) is 0 Å². The first-order valence-electron chi connectivity index (χ1n) is 5.79. The van der Waals surface area contributed by atoms with Gasteiger partial charge in [-0.3, -0.25) is 0 Å². The minimum Gasteiger partial charge on any atom is -0.478 e. The summed E-state index contributed by atoms with van der Waals surface area (Å²) in [5.41, 5.74) is 0. The van der Waals surface area contributed by atoms with Gasteiger partial charge in [0.1, 0.15) is 5.75 Å². The van der Waals surface area contributed by atoms with E-state index in [2.05, 4.69) is 15.9 Å². The first kappa shape index (κ1) is 15.5. The van der Waals surface area contributed by atoms with Crippen LogP contribution < -0.4 is 4.74 Å². The molecule has 1 rings (SSSR count). The number of benzene rings is 1. The van der Waals surface area contributed by atoms with Crippen molar-refractivity contribution in [2.45, 2.75) is 32.5 Å². The van der Waals surface area contributed by atoms with E-state index < -0.39 is 18.0 Å². The van der Waals surface area contributed by atoms with E-state index >= 15 is 0 Å². The smallest absolute Gasteiger partial charge is 0.359 e. The summed E-state index contributed by atoms with van der Waals surface area (Å²) >= 11 is 3.25. The van der Waals surface area contributed by atoms with Gasteiger partial charge in [0.25, 0.3) is 6.10 Å². The SMILES string of the molecule is CCC(C)OC(=O)C(Oc1ccc(Br)cc1)C(=O)O. The molecule has 1 aromatic rings. The van der Waals surface area contributed by atoms with Crippen molar-refractivity contribution < 1.29 is 24.2 Å². The van der Waals surface area contributed by atoms with Gasteiger partial charge < -0.3 is 14.6 Å². The summed E-state index contributed by atoms with van der Waals surface area (Å²) in [5.74, 6) is -1.99. The number of aliphatic carboxylic acids is 1. The van der Waals surface area contributed by atoms with Gasteiger partial charge in [0, 0.05) is 4.47 Å². The molecule has 6 heteroatoms. The van der Waals surface area contributed by atoms with Crippen molar-refractivity contribution in [1.82, 2.24) is 0 Å². The zero-order valence-corrected chi connectivity index (χ0v) is 12.2. The fourth-order valence-corrected chi connectivity index (χ4v) is 1.46. The minimum atomic E-state index is -1.66. The van der Waals surface area contributed by atoms with E-state index in [1.807, 2.05) is 6.92 Å². The number of esters is 1. The Balaban J connectivity index is 2.75. The fourth-order valence-electron chi connectivity index (χ4n) is 1.19. The quantitative estimate of drug-likeness (QED) is 0.641. The van der Waals surface area contributed by atoms with Gasteiger partial charge in [0.15, 0.2) is 0 Å². The van der Waals surface area contributed by atoms with Crippen molar-refractivity contribution >= 4 is 27.9 Å². The van der Waals surface area contributed by atoms with Gasteiger partial charge in [-0.1, -0.05) is 22.9 Å². The second-order valence-electron chi connectivity index (χ2n) is 3.95. The molecule has 104 valence electrons. The Labute approximate surface area is 119 Å². The summed E-state index contributed by atoms with van der Waals surface area (Å²) in [6.45, 7) is 3.53. The number of halogens is 1. The topological polar surface area (TPSA) is 72.8 Å². The van der Waals surface area contributed by atoms with Crippen LogP contribution in [0.4, 0.5) is 0 Å². The lowest BCUT2D eigenvalue weighted by Crippen LogP contribution is -2.38. The van der Waals surface area contributed by atoms with Crippen LogP contribution in [-0.2, 0) is 14.3 Å². The Morgan fingerprint density at radius 3 is 2.37 bits per heavy atom. The van der Waals surface area contributed by atoms with E-state index in [1.54, 1.807) is 31.2 Å². The van der Waals surface area contributed by atoms with Crippen LogP contribution in [0.1, 0.15) is 20.3 Å². The standard InChI is InChI=1S/C13H15BrO5/c1-3-8(2)18-13(17)11(12(15)16)19-10-6-4-9(14)5-7-10/h4-8,11H,3H2,1-2H3,(H,15,16). The van der Waals surface area contributed by atoms with Crippen molar-refractivity contribution in [2.24, 2.45) is 0 Å². The second-order valence-corrected chi connectivity index (χ2v) is 4.86. The van der Waals surface area contributed by atoms with Crippen molar-refractivity contribution in [1.29, 1.82) is 0 Å². The van der Waals surface area contributed by atoms with Gasteiger partial charge in [-0.25, -0.2) is 9.59 Å². The zero-order valence-electron chi connectivity index (χ0n) is 10.6. The number of carbonyl (C=O) groups excluding carboxylic acids is 1. The van der Waals surface area contributed by atoms with Crippen LogP contribution in [0.25, 0.3) is 0 Å². The Bertz CT molecular complexity index is 443. The molecule has 0 aromatic heterocycles. The number of carbonyl (C=O) groups is 2. The highest BCUT2D eigenvalue weighted by atomic mass is 79.9. The number of carboxylic acid groups (broad SMARTS) is 1. The number of hydrogen-bond donors (Lipinski definition) is 1. The first-order valence-corrected chi connectivity index (χ1v) is 6.58. The molecular weight excluding hydrogens is 316 g/mol. The highest BCUT2D eigenvalue weighted by molar-refractivity contribution is 9.10. The number of carboxylic acids is 1. The summed E-state index contributed by atoms with van der Waals surface area (Å²) < 4.78 is 10.9. The van der Waals surface area contributed by atoms with Crippen LogP contribution in [0.5, 0.6) is 5.75 Å². The van der Waals surface area contributed by atoms with Crippen LogP contribution >= 0.6 is 15.9 Å². The average Bonchev–Trinajstić information content (AvgIpc) is 2.37.